The summed E-state index contributed by atoms with van der Waals surface area (Å²) >= 11 is 6.25. The molecule has 3 aromatic carbocycles. The number of amides is 3. The van der Waals surface area contributed by atoms with Gasteiger partial charge in [-0.3, -0.25) is 14.4 Å². The highest BCUT2D eigenvalue weighted by atomic mass is 35.5. The van der Waals surface area contributed by atoms with E-state index in [9.17, 15) is 19.2 Å². The zero-order valence-electron chi connectivity index (χ0n) is 21.3. The summed E-state index contributed by atoms with van der Waals surface area (Å²) in [7, 11) is 0. The van der Waals surface area contributed by atoms with Crippen molar-refractivity contribution in [2.75, 3.05) is 28.7 Å². The van der Waals surface area contributed by atoms with Gasteiger partial charge in [0.2, 0.25) is 0 Å². The quantitative estimate of drug-likeness (QED) is 0.260. The summed E-state index contributed by atoms with van der Waals surface area (Å²) in [5.41, 5.74) is 1.61. The van der Waals surface area contributed by atoms with E-state index in [1.807, 2.05) is 19.9 Å². The van der Waals surface area contributed by atoms with Crippen LogP contribution >= 0.6 is 11.6 Å². The van der Waals surface area contributed by atoms with E-state index < -0.39 is 17.8 Å². The average molecular weight is 548 g/mol. The minimum Gasteiger partial charge on any atom is -0.492 e. The smallest absolute Gasteiger partial charge is 0.338 e. The normalized spacial score (nSPS) is 12.9. The Hall–Kier alpha value is -4.63. The van der Waals surface area contributed by atoms with Crippen LogP contribution in [0.1, 0.15) is 41.0 Å². The molecule has 3 amide bonds. The van der Waals surface area contributed by atoms with E-state index in [1.165, 1.54) is 30.3 Å². The summed E-state index contributed by atoms with van der Waals surface area (Å²) in [5.74, 6) is -1.73. The molecular formula is C29H26ClN3O6. The molecule has 1 aliphatic rings. The predicted molar refractivity (Wildman–Crippen MR) is 148 cm³/mol. The highest BCUT2D eigenvalue weighted by Gasteiger charge is 2.39. The molecule has 0 bridgehead atoms. The van der Waals surface area contributed by atoms with Crippen molar-refractivity contribution in [1.82, 2.24) is 0 Å². The van der Waals surface area contributed by atoms with Gasteiger partial charge in [0.25, 0.3) is 17.7 Å². The third-order valence-electron chi connectivity index (χ3n) is 5.65. The maximum atomic E-state index is 13.2. The average Bonchev–Trinajstić information content (AvgIpc) is 3.16. The maximum Gasteiger partial charge on any atom is 0.338 e. The van der Waals surface area contributed by atoms with Crippen LogP contribution in [-0.4, -0.2) is 36.9 Å². The first-order chi connectivity index (χ1) is 18.8. The van der Waals surface area contributed by atoms with Gasteiger partial charge in [-0.15, -0.1) is 0 Å². The minimum absolute atomic E-state index is 0.132. The molecule has 9 nitrogen and oxygen atoms in total. The maximum absolute atomic E-state index is 13.2. The lowest BCUT2D eigenvalue weighted by Crippen LogP contribution is -2.32. The molecule has 0 saturated heterocycles. The van der Waals surface area contributed by atoms with Crippen molar-refractivity contribution in [3.8, 4) is 5.75 Å². The van der Waals surface area contributed by atoms with Crippen LogP contribution in [0, 0.1) is 0 Å². The van der Waals surface area contributed by atoms with Gasteiger partial charge in [0.1, 0.15) is 16.5 Å². The van der Waals surface area contributed by atoms with Crippen molar-refractivity contribution in [2.24, 2.45) is 0 Å². The standard InChI is InChI=1S/C29H26ClN3O6/c1-3-16-39-29(37)18-12-14-21(15-13-18)33-27(35)24(30)25(28(33)36)31-20-9-7-8-19(17-20)26(34)32-22-10-5-6-11-23(22)38-4-2/h5-15,17,31H,3-4,16H2,1-2H3,(H,32,34). The highest BCUT2D eigenvalue weighted by Crippen LogP contribution is 2.31. The molecule has 3 aromatic rings. The summed E-state index contributed by atoms with van der Waals surface area (Å²) < 4.78 is 10.7. The number of hydrogen-bond donors (Lipinski definition) is 2. The number of carbonyl (C=O) groups is 4. The van der Waals surface area contributed by atoms with Crippen LogP contribution in [0.2, 0.25) is 0 Å². The fourth-order valence-electron chi connectivity index (χ4n) is 3.80. The molecule has 0 aliphatic carbocycles. The Morgan fingerprint density at radius 2 is 1.64 bits per heavy atom. The first kappa shape index (κ1) is 27.4. The van der Waals surface area contributed by atoms with Crippen molar-refractivity contribution in [3.05, 3.63) is 94.7 Å². The van der Waals surface area contributed by atoms with Gasteiger partial charge in [0, 0.05) is 11.3 Å². The van der Waals surface area contributed by atoms with Crippen LogP contribution < -0.4 is 20.3 Å². The van der Waals surface area contributed by atoms with E-state index in [-0.39, 0.29) is 22.3 Å². The van der Waals surface area contributed by atoms with E-state index in [0.717, 1.165) is 4.90 Å². The van der Waals surface area contributed by atoms with Crippen LogP contribution in [0.15, 0.2) is 83.5 Å². The van der Waals surface area contributed by atoms with Gasteiger partial charge in [0.05, 0.1) is 30.2 Å². The number of para-hydroxylation sites is 2. The molecule has 2 N–H and O–H groups in total. The second-order valence-corrected chi connectivity index (χ2v) is 8.78. The molecule has 1 heterocycles. The molecular weight excluding hydrogens is 522 g/mol. The van der Waals surface area contributed by atoms with E-state index in [0.29, 0.717) is 47.9 Å². The molecule has 0 aromatic heterocycles. The minimum atomic E-state index is -0.716. The Balaban J connectivity index is 1.49. The summed E-state index contributed by atoms with van der Waals surface area (Å²) in [4.78, 5) is 51.9. The highest BCUT2D eigenvalue weighted by molar-refractivity contribution is 6.53. The lowest BCUT2D eigenvalue weighted by atomic mass is 10.1. The van der Waals surface area contributed by atoms with Gasteiger partial charge in [0.15, 0.2) is 0 Å². The largest absolute Gasteiger partial charge is 0.492 e. The summed E-state index contributed by atoms with van der Waals surface area (Å²) in [5, 5.41) is 5.39. The van der Waals surface area contributed by atoms with Crippen LogP contribution in [-0.2, 0) is 14.3 Å². The molecule has 39 heavy (non-hydrogen) atoms. The van der Waals surface area contributed by atoms with Crippen molar-refractivity contribution in [1.29, 1.82) is 0 Å². The van der Waals surface area contributed by atoms with Gasteiger partial charge in [-0.05, 0) is 67.9 Å². The second kappa shape index (κ2) is 12.3. The Morgan fingerprint density at radius 3 is 2.36 bits per heavy atom. The number of hydrogen-bond acceptors (Lipinski definition) is 7. The molecule has 0 atom stereocenters. The molecule has 200 valence electrons. The Bertz CT molecular complexity index is 1450. The third-order valence-corrected chi connectivity index (χ3v) is 6.01. The van der Waals surface area contributed by atoms with Crippen LogP contribution in [0.4, 0.5) is 17.1 Å². The molecule has 0 unspecified atom stereocenters. The lowest BCUT2D eigenvalue weighted by Gasteiger charge is -2.16. The van der Waals surface area contributed by atoms with Gasteiger partial charge >= 0.3 is 5.97 Å². The zero-order chi connectivity index (χ0) is 27.9. The Morgan fingerprint density at radius 1 is 0.897 bits per heavy atom. The van der Waals surface area contributed by atoms with Gasteiger partial charge in [-0.1, -0.05) is 36.7 Å². The number of ether oxygens (including phenoxy) is 2. The van der Waals surface area contributed by atoms with Crippen molar-refractivity contribution >= 4 is 52.4 Å². The van der Waals surface area contributed by atoms with E-state index in [2.05, 4.69) is 10.6 Å². The van der Waals surface area contributed by atoms with E-state index in [4.69, 9.17) is 21.1 Å². The van der Waals surface area contributed by atoms with E-state index >= 15 is 0 Å². The lowest BCUT2D eigenvalue weighted by molar-refractivity contribution is -0.120. The molecule has 0 fully saturated rings. The van der Waals surface area contributed by atoms with Gasteiger partial charge in [-0.2, -0.15) is 0 Å². The zero-order valence-corrected chi connectivity index (χ0v) is 22.1. The topological polar surface area (TPSA) is 114 Å². The van der Waals surface area contributed by atoms with E-state index in [1.54, 1.807) is 36.4 Å². The van der Waals surface area contributed by atoms with Crippen molar-refractivity contribution in [3.63, 3.8) is 0 Å². The number of carbonyl (C=O) groups excluding carboxylic acids is 4. The number of benzene rings is 3. The van der Waals surface area contributed by atoms with Crippen molar-refractivity contribution < 1.29 is 28.7 Å². The number of nitrogens with zero attached hydrogens (tertiary/aromatic N) is 1. The number of nitrogens with one attached hydrogen (secondary N) is 2. The first-order valence-corrected chi connectivity index (χ1v) is 12.7. The first-order valence-electron chi connectivity index (χ1n) is 12.3. The Labute approximate surface area is 230 Å². The molecule has 0 radical (unpaired) electrons. The molecule has 1 aliphatic heterocycles. The van der Waals surface area contributed by atoms with Crippen LogP contribution in [0.3, 0.4) is 0 Å². The number of esters is 1. The summed E-state index contributed by atoms with van der Waals surface area (Å²) in [6.07, 6.45) is 0.690. The predicted octanol–water partition coefficient (Wildman–Crippen LogP) is 5.34. The van der Waals surface area contributed by atoms with Crippen LogP contribution in [0.25, 0.3) is 0 Å². The number of halogens is 1. The number of rotatable bonds is 10. The third kappa shape index (κ3) is 6.10. The van der Waals surface area contributed by atoms with Gasteiger partial charge < -0.3 is 20.1 Å². The number of anilines is 3. The summed E-state index contributed by atoms with van der Waals surface area (Å²) in [6.45, 7) is 4.48. The van der Waals surface area contributed by atoms with Gasteiger partial charge in [-0.25, -0.2) is 9.69 Å². The number of imide groups is 1. The fraction of sp³-hybridized carbons (Fsp3) is 0.172. The fourth-order valence-corrected chi connectivity index (χ4v) is 4.01. The van der Waals surface area contributed by atoms with Crippen LogP contribution in [0.5, 0.6) is 5.75 Å². The Kier molecular flexibility index (Phi) is 8.63. The summed E-state index contributed by atoms with van der Waals surface area (Å²) in [6, 6.07) is 19.4. The molecule has 0 saturated carbocycles. The second-order valence-electron chi connectivity index (χ2n) is 8.41. The molecule has 10 heteroatoms. The van der Waals surface area contributed by atoms with Crippen molar-refractivity contribution in [2.45, 2.75) is 20.3 Å². The molecule has 4 rings (SSSR count). The monoisotopic (exact) mass is 547 g/mol. The molecule has 0 spiro atoms. The SMILES string of the molecule is CCCOC(=O)c1ccc(N2C(=O)C(Cl)=C(Nc3cccc(C(=O)Nc4ccccc4OCC)c3)C2=O)cc1.